The van der Waals surface area contributed by atoms with Crippen LogP contribution in [0.25, 0.3) is 11.1 Å². The maximum absolute atomic E-state index is 11.2. The first-order valence-corrected chi connectivity index (χ1v) is 7.80. The van der Waals surface area contributed by atoms with Gasteiger partial charge in [0.05, 0.1) is 13.7 Å². The van der Waals surface area contributed by atoms with Gasteiger partial charge in [-0.25, -0.2) is 0 Å². The van der Waals surface area contributed by atoms with E-state index in [1.54, 1.807) is 18.2 Å². The van der Waals surface area contributed by atoms with Crippen LogP contribution in [0.4, 0.5) is 0 Å². The Morgan fingerprint density at radius 1 is 1.00 bits per heavy atom. The molecule has 5 nitrogen and oxygen atoms in total. The number of methoxy groups -OCH3 is 1. The van der Waals surface area contributed by atoms with Crippen LogP contribution in [-0.4, -0.2) is 25.6 Å². The molecule has 24 heavy (non-hydrogen) atoms. The minimum Gasteiger partial charge on any atom is -0.494 e. The Balaban J connectivity index is 1.88. The molecule has 2 N–H and O–H groups in total. The highest BCUT2D eigenvalue weighted by atomic mass is 16.5. The molecule has 0 aliphatic heterocycles. The Morgan fingerprint density at radius 3 is 2.42 bits per heavy atom. The number of carbonyl (C=O) groups is 2. The quantitative estimate of drug-likeness (QED) is 0.596. The van der Waals surface area contributed by atoms with Gasteiger partial charge in [0.25, 0.3) is 0 Å². The molecule has 0 bridgehead atoms. The van der Waals surface area contributed by atoms with Gasteiger partial charge in [-0.3, -0.25) is 9.59 Å². The van der Waals surface area contributed by atoms with E-state index in [9.17, 15) is 9.59 Å². The van der Waals surface area contributed by atoms with E-state index in [-0.39, 0.29) is 5.97 Å². The third-order valence-corrected chi connectivity index (χ3v) is 3.61. The first kappa shape index (κ1) is 17.5. The first-order valence-electron chi connectivity index (χ1n) is 7.80. The SMILES string of the molecule is COC(=O)CCCCOc1ccc(-c2cccc(C(N)=O)c2)cc1. The second kappa shape index (κ2) is 8.72. The Bertz CT molecular complexity index is 695. The summed E-state index contributed by atoms with van der Waals surface area (Å²) in [4.78, 5) is 22.2. The number of nitrogens with two attached hydrogens (primary N) is 1. The number of benzene rings is 2. The lowest BCUT2D eigenvalue weighted by molar-refractivity contribution is -0.140. The van der Waals surface area contributed by atoms with E-state index >= 15 is 0 Å². The molecule has 0 fully saturated rings. The molecule has 0 saturated carbocycles. The van der Waals surface area contributed by atoms with Crippen LogP contribution in [0.5, 0.6) is 5.75 Å². The molecule has 0 spiro atoms. The van der Waals surface area contributed by atoms with E-state index < -0.39 is 5.91 Å². The van der Waals surface area contributed by atoms with Crippen molar-refractivity contribution in [3.63, 3.8) is 0 Å². The van der Waals surface area contributed by atoms with Gasteiger partial charge in [-0.1, -0.05) is 24.3 Å². The summed E-state index contributed by atoms with van der Waals surface area (Å²) in [6.45, 7) is 0.549. The number of hydrogen-bond acceptors (Lipinski definition) is 4. The second-order valence-corrected chi connectivity index (χ2v) is 5.35. The lowest BCUT2D eigenvalue weighted by Gasteiger charge is -2.08. The maximum atomic E-state index is 11.2. The van der Waals surface area contributed by atoms with E-state index in [4.69, 9.17) is 10.5 Å². The zero-order valence-corrected chi connectivity index (χ0v) is 13.7. The molecule has 126 valence electrons. The molecule has 0 aromatic heterocycles. The lowest BCUT2D eigenvalue weighted by Crippen LogP contribution is -2.10. The lowest BCUT2D eigenvalue weighted by atomic mass is 10.0. The molecule has 1 amide bonds. The fourth-order valence-electron chi connectivity index (χ4n) is 2.26. The summed E-state index contributed by atoms with van der Waals surface area (Å²) in [5.41, 5.74) is 7.70. The number of amides is 1. The molecular weight excluding hydrogens is 306 g/mol. The van der Waals surface area contributed by atoms with E-state index in [2.05, 4.69) is 4.74 Å². The van der Waals surface area contributed by atoms with Crippen LogP contribution in [-0.2, 0) is 9.53 Å². The van der Waals surface area contributed by atoms with Crippen molar-refractivity contribution < 1.29 is 19.1 Å². The monoisotopic (exact) mass is 327 g/mol. The van der Waals surface area contributed by atoms with E-state index in [1.165, 1.54) is 7.11 Å². The molecular formula is C19H21NO4. The van der Waals surface area contributed by atoms with Crippen LogP contribution in [0.3, 0.4) is 0 Å². The zero-order valence-electron chi connectivity index (χ0n) is 13.7. The number of primary amides is 1. The molecule has 0 aliphatic carbocycles. The summed E-state index contributed by atoms with van der Waals surface area (Å²) in [5, 5.41) is 0. The largest absolute Gasteiger partial charge is 0.494 e. The highest BCUT2D eigenvalue weighted by Gasteiger charge is 2.04. The highest BCUT2D eigenvalue weighted by molar-refractivity contribution is 5.94. The Hall–Kier alpha value is -2.82. The molecule has 5 heteroatoms. The summed E-state index contributed by atoms with van der Waals surface area (Å²) in [7, 11) is 1.39. The number of unbranched alkanes of at least 4 members (excludes halogenated alkanes) is 1. The van der Waals surface area contributed by atoms with E-state index in [1.807, 2.05) is 30.3 Å². The molecule has 0 radical (unpaired) electrons. The number of esters is 1. The van der Waals surface area contributed by atoms with Crippen LogP contribution in [0.1, 0.15) is 29.6 Å². The Kier molecular flexibility index (Phi) is 6.37. The minimum atomic E-state index is -0.441. The predicted molar refractivity (Wildman–Crippen MR) is 91.8 cm³/mol. The molecule has 2 aromatic rings. The minimum absolute atomic E-state index is 0.197. The van der Waals surface area contributed by atoms with Gasteiger partial charge in [0.2, 0.25) is 5.91 Å². The van der Waals surface area contributed by atoms with Crippen molar-refractivity contribution in [1.82, 2.24) is 0 Å². The van der Waals surface area contributed by atoms with Crippen molar-refractivity contribution in [2.24, 2.45) is 5.73 Å². The summed E-state index contributed by atoms with van der Waals surface area (Å²) in [5.74, 6) is 0.129. The summed E-state index contributed by atoms with van der Waals surface area (Å²) in [6.07, 6.45) is 1.94. The Labute approximate surface area is 141 Å². The van der Waals surface area contributed by atoms with Gasteiger partial charge in [-0.2, -0.15) is 0 Å². The summed E-state index contributed by atoms with van der Waals surface area (Å²) < 4.78 is 10.2. The van der Waals surface area contributed by atoms with Gasteiger partial charge in [0.1, 0.15) is 5.75 Å². The average molecular weight is 327 g/mol. The molecule has 0 saturated heterocycles. The molecule has 0 atom stereocenters. The molecule has 0 heterocycles. The average Bonchev–Trinajstić information content (AvgIpc) is 2.61. The summed E-state index contributed by atoms with van der Waals surface area (Å²) >= 11 is 0. The topological polar surface area (TPSA) is 78.6 Å². The molecule has 0 aliphatic rings. The third kappa shape index (κ3) is 5.12. The number of rotatable bonds is 8. The van der Waals surface area contributed by atoms with Gasteiger partial charge in [0.15, 0.2) is 0 Å². The van der Waals surface area contributed by atoms with Crippen molar-refractivity contribution >= 4 is 11.9 Å². The van der Waals surface area contributed by atoms with Crippen LogP contribution in [0.15, 0.2) is 48.5 Å². The fraction of sp³-hybridized carbons (Fsp3) is 0.263. The number of carbonyl (C=O) groups excluding carboxylic acids is 2. The zero-order chi connectivity index (χ0) is 17.4. The molecule has 2 aromatic carbocycles. The van der Waals surface area contributed by atoms with Crippen LogP contribution in [0.2, 0.25) is 0 Å². The van der Waals surface area contributed by atoms with E-state index in [0.29, 0.717) is 18.6 Å². The van der Waals surface area contributed by atoms with E-state index in [0.717, 1.165) is 29.7 Å². The van der Waals surface area contributed by atoms with Crippen LogP contribution < -0.4 is 10.5 Å². The van der Waals surface area contributed by atoms with Gasteiger partial charge in [0, 0.05) is 12.0 Å². The Morgan fingerprint density at radius 2 is 1.75 bits per heavy atom. The second-order valence-electron chi connectivity index (χ2n) is 5.35. The highest BCUT2D eigenvalue weighted by Crippen LogP contribution is 2.23. The van der Waals surface area contributed by atoms with Crippen molar-refractivity contribution in [1.29, 1.82) is 0 Å². The van der Waals surface area contributed by atoms with Crippen molar-refractivity contribution in [2.45, 2.75) is 19.3 Å². The number of hydrogen-bond donors (Lipinski definition) is 1. The number of ether oxygens (including phenoxy) is 2. The van der Waals surface area contributed by atoms with Crippen LogP contribution >= 0.6 is 0 Å². The molecule has 0 unspecified atom stereocenters. The first-order chi connectivity index (χ1) is 11.6. The standard InChI is InChI=1S/C19H21NO4/c1-23-18(21)7-2-3-12-24-17-10-8-14(9-11-17)15-5-4-6-16(13-15)19(20)22/h4-6,8-11,13H,2-3,7,12H2,1H3,(H2,20,22). The van der Waals surface area contributed by atoms with Crippen molar-refractivity contribution in [3.05, 3.63) is 54.1 Å². The van der Waals surface area contributed by atoms with Gasteiger partial charge in [-0.15, -0.1) is 0 Å². The van der Waals surface area contributed by atoms with Crippen LogP contribution in [0, 0.1) is 0 Å². The normalized spacial score (nSPS) is 10.2. The van der Waals surface area contributed by atoms with Crippen molar-refractivity contribution in [2.75, 3.05) is 13.7 Å². The van der Waals surface area contributed by atoms with Gasteiger partial charge in [-0.05, 0) is 48.2 Å². The summed E-state index contributed by atoms with van der Waals surface area (Å²) in [6, 6.07) is 14.8. The molecule has 2 rings (SSSR count). The third-order valence-electron chi connectivity index (χ3n) is 3.61. The maximum Gasteiger partial charge on any atom is 0.305 e. The van der Waals surface area contributed by atoms with Gasteiger partial charge >= 0.3 is 5.97 Å². The smallest absolute Gasteiger partial charge is 0.305 e. The predicted octanol–water partition coefficient (Wildman–Crippen LogP) is 3.17. The van der Waals surface area contributed by atoms with Gasteiger partial charge < -0.3 is 15.2 Å². The fourth-order valence-corrected chi connectivity index (χ4v) is 2.26. The van der Waals surface area contributed by atoms with Crippen molar-refractivity contribution in [3.8, 4) is 16.9 Å².